The maximum Gasteiger partial charge on any atom is 0.317 e. The van der Waals surface area contributed by atoms with Gasteiger partial charge in [-0.3, -0.25) is 4.79 Å². The van der Waals surface area contributed by atoms with Crippen LogP contribution in [0.1, 0.15) is 24.8 Å². The number of hydrogen-bond donors (Lipinski definition) is 0. The summed E-state index contributed by atoms with van der Waals surface area (Å²) in [6.45, 7) is 0. The summed E-state index contributed by atoms with van der Waals surface area (Å²) in [4.78, 5) is 11.8. The SMILES string of the molecule is O=C1Oc2cc(Br)ccc2CC12CCC2. The normalized spacial score (nSPS) is 21.8. The summed E-state index contributed by atoms with van der Waals surface area (Å²) in [6.07, 6.45) is 3.98. The van der Waals surface area contributed by atoms with E-state index < -0.39 is 0 Å². The van der Waals surface area contributed by atoms with Crippen molar-refractivity contribution in [3.8, 4) is 5.75 Å². The lowest BCUT2D eigenvalue weighted by Crippen LogP contribution is -2.45. The first-order valence-electron chi connectivity index (χ1n) is 5.20. The van der Waals surface area contributed by atoms with Gasteiger partial charge >= 0.3 is 5.97 Å². The second-order valence-corrected chi connectivity index (χ2v) is 5.37. The molecule has 0 unspecified atom stereocenters. The summed E-state index contributed by atoms with van der Waals surface area (Å²) in [5.74, 6) is 0.700. The topological polar surface area (TPSA) is 26.3 Å². The molecule has 1 aliphatic heterocycles. The minimum Gasteiger partial charge on any atom is -0.426 e. The fourth-order valence-corrected chi connectivity index (χ4v) is 2.74. The number of benzene rings is 1. The number of rotatable bonds is 0. The fraction of sp³-hybridized carbons (Fsp3) is 0.417. The summed E-state index contributed by atoms with van der Waals surface area (Å²) in [5.41, 5.74) is 0.985. The predicted molar refractivity (Wildman–Crippen MR) is 59.8 cm³/mol. The summed E-state index contributed by atoms with van der Waals surface area (Å²) in [5, 5.41) is 0. The Bertz CT molecular complexity index is 435. The van der Waals surface area contributed by atoms with Crippen LogP contribution in [-0.2, 0) is 11.2 Å². The van der Waals surface area contributed by atoms with Gasteiger partial charge in [0.05, 0.1) is 5.41 Å². The van der Waals surface area contributed by atoms with Crippen molar-refractivity contribution >= 4 is 21.9 Å². The van der Waals surface area contributed by atoms with E-state index in [2.05, 4.69) is 15.9 Å². The minimum absolute atomic E-state index is 0.0284. The molecule has 1 fully saturated rings. The summed E-state index contributed by atoms with van der Waals surface area (Å²) in [6, 6.07) is 5.93. The Kier molecular flexibility index (Phi) is 1.93. The van der Waals surface area contributed by atoms with Gasteiger partial charge < -0.3 is 4.74 Å². The Balaban J connectivity index is 2.02. The molecule has 1 aromatic rings. The van der Waals surface area contributed by atoms with Gasteiger partial charge in [0.1, 0.15) is 5.75 Å². The number of ether oxygens (including phenoxy) is 1. The van der Waals surface area contributed by atoms with Gasteiger partial charge in [-0.25, -0.2) is 0 Å². The molecule has 2 nitrogen and oxygen atoms in total. The molecule has 0 bridgehead atoms. The van der Waals surface area contributed by atoms with Crippen molar-refractivity contribution in [1.29, 1.82) is 0 Å². The highest BCUT2D eigenvalue weighted by atomic mass is 79.9. The minimum atomic E-state index is -0.180. The van der Waals surface area contributed by atoms with E-state index in [0.717, 1.165) is 41.5 Å². The van der Waals surface area contributed by atoms with E-state index >= 15 is 0 Å². The van der Waals surface area contributed by atoms with Crippen LogP contribution in [-0.4, -0.2) is 5.97 Å². The molecule has 3 rings (SSSR count). The molecule has 2 aliphatic rings. The van der Waals surface area contributed by atoms with Crippen molar-refractivity contribution in [3.63, 3.8) is 0 Å². The third-order valence-corrected chi connectivity index (χ3v) is 4.00. The highest BCUT2D eigenvalue weighted by molar-refractivity contribution is 9.10. The zero-order valence-corrected chi connectivity index (χ0v) is 9.84. The maximum atomic E-state index is 11.8. The second-order valence-electron chi connectivity index (χ2n) is 4.45. The van der Waals surface area contributed by atoms with Crippen LogP contribution < -0.4 is 4.74 Å². The van der Waals surface area contributed by atoms with Gasteiger partial charge in [0.25, 0.3) is 0 Å². The number of esters is 1. The Hall–Kier alpha value is -0.830. The number of carbonyl (C=O) groups excluding carboxylic acids is 1. The lowest BCUT2D eigenvalue weighted by atomic mass is 9.64. The van der Waals surface area contributed by atoms with E-state index in [4.69, 9.17) is 4.74 Å². The van der Waals surface area contributed by atoms with Gasteiger partial charge in [-0.15, -0.1) is 0 Å². The lowest BCUT2D eigenvalue weighted by Gasteiger charge is -2.42. The summed E-state index contributed by atoms with van der Waals surface area (Å²) in [7, 11) is 0. The van der Waals surface area contributed by atoms with E-state index in [9.17, 15) is 4.79 Å². The maximum absolute atomic E-state index is 11.8. The molecule has 15 heavy (non-hydrogen) atoms. The molecule has 0 atom stereocenters. The van der Waals surface area contributed by atoms with Crippen molar-refractivity contribution in [3.05, 3.63) is 28.2 Å². The summed E-state index contributed by atoms with van der Waals surface area (Å²) < 4.78 is 6.36. The first-order chi connectivity index (χ1) is 7.20. The Morgan fingerprint density at radius 1 is 1.33 bits per heavy atom. The molecule has 3 heteroatoms. The van der Waals surface area contributed by atoms with Crippen LogP contribution in [0.25, 0.3) is 0 Å². The largest absolute Gasteiger partial charge is 0.426 e. The van der Waals surface area contributed by atoms with Crippen molar-refractivity contribution in [1.82, 2.24) is 0 Å². The third kappa shape index (κ3) is 1.33. The van der Waals surface area contributed by atoms with Gasteiger partial charge in [0, 0.05) is 4.47 Å². The Morgan fingerprint density at radius 3 is 2.80 bits per heavy atom. The molecule has 0 aromatic heterocycles. The smallest absolute Gasteiger partial charge is 0.317 e. The number of fused-ring (bicyclic) bond motifs is 1. The molecule has 0 radical (unpaired) electrons. The molecular formula is C12H11BrO2. The molecule has 78 valence electrons. The molecule has 1 heterocycles. The average Bonchev–Trinajstić information content (AvgIpc) is 2.14. The number of carbonyl (C=O) groups is 1. The van der Waals surface area contributed by atoms with Crippen LogP contribution in [0.4, 0.5) is 0 Å². The molecule has 1 spiro atoms. The molecular weight excluding hydrogens is 256 g/mol. The van der Waals surface area contributed by atoms with Crippen LogP contribution in [0.5, 0.6) is 5.75 Å². The Morgan fingerprint density at radius 2 is 2.13 bits per heavy atom. The van der Waals surface area contributed by atoms with E-state index in [0.29, 0.717) is 0 Å². The van der Waals surface area contributed by atoms with Crippen molar-refractivity contribution < 1.29 is 9.53 Å². The molecule has 0 N–H and O–H groups in total. The standard InChI is InChI=1S/C12H11BrO2/c13-9-3-2-8-7-12(4-1-5-12)11(14)15-10(8)6-9/h2-3,6H,1,4-5,7H2. The molecule has 1 aromatic carbocycles. The zero-order chi connectivity index (χ0) is 10.5. The average molecular weight is 267 g/mol. The first-order valence-corrected chi connectivity index (χ1v) is 6.00. The predicted octanol–water partition coefficient (Wildman–Crippen LogP) is 3.08. The Labute approximate surface area is 96.8 Å². The highest BCUT2D eigenvalue weighted by Crippen LogP contribution is 2.49. The van der Waals surface area contributed by atoms with E-state index in [-0.39, 0.29) is 11.4 Å². The van der Waals surface area contributed by atoms with Gasteiger partial charge in [-0.2, -0.15) is 0 Å². The van der Waals surface area contributed by atoms with Crippen LogP contribution >= 0.6 is 15.9 Å². The van der Waals surface area contributed by atoms with Crippen LogP contribution in [0, 0.1) is 5.41 Å². The second kappa shape index (κ2) is 3.08. The van der Waals surface area contributed by atoms with Crippen molar-refractivity contribution in [2.24, 2.45) is 5.41 Å². The van der Waals surface area contributed by atoms with Crippen LogP contribution in [0.2, 0.25) is 0 Å². The fourth-order valence-electron chi connectivity index (χ4n) is 2.40. The summed E-state index contributed by atoms with van der Waals surface area (Å²) >= 11 is 3.38. The quantitative estimate of drug-likeness (QED) is 0.533. The molecule has 0 amide bonds. The highest BCUT2D eigenvalue weighted by Gasteiger charge is 2.48. The van der Waals surface area contributed by atoms with Gasteiger partial charge in [-0.05, 0) is 37.0 Å². The van der Waals surface area contributed by atoms with Crippen LogP contribution in [0.3, 0.4) is 0 Å². The van der Waals surface area contributed by atoms with E-state index in [1.165, 1.54) is 0 Å². The first kappa shape index (κ1) is 9.40. The third-order valence-electron chi connectivity index (χ3n) is 3.50. The van der Waals surface area contributed by atoms with Gasteiger partial charge in [0.2, 0.25) is 0 Å². The monoisotopic (exact) mass is 266 g/mol. The van der Waals surface area contributed by atoms with Crippen molar-refractivity contribution in [2.45, 2.75) is 25.7 Å². The van der Waals surface area contributed by atoms with Gasteiger partial charge in [-0.1, -0.05) is 28.4 Å². The van der Waals surface area contributed by atoms with Crippen molar-refractivity contribution in [2.75, 3.05) is 0 Å². The van der Waals surface area contributed by atoms with E-state index in [1.807, 2.05) is 18.2 Å². The lowest BCUT2D eigenvalue weighted by molar-refractivity contribution is -0.153. The zero-order valence-electron chi connectivity index (χ0n) is 8.25. The van der Waals surface area contributed by atoms with E-state index in [1.54, 1.807) is 0 Å². The molecule has 0 saturated heterocycles. The van der Waals surface area contributed by atoms with Crippen LogP contribution in [0.15, 0.2) is 22.7 Å². The number of halogens is 1. The molecule has 1 saturated carbocycles. The number of hydrogen-bond acceptors (Lipinski definition) is 2. The van der Waals surface area contributed by atoms with Gasteiger partial charge in [0.15, 0.2) is 0 Å². The molecule has 1 aliphatic carbocycles.